The standard InChI is InChI=1S/C22H21ClN2O3/c1-27-21-12-9-17(15-20(21)23)24-14-13-22(26)25-16-7-10-19(11-8-16)28-18-5-3-2-4-6-18/h2-12,15,24H,13-14H2,1H3,(H,25,26). The Bertz CT molecular complexity index is 915. The van der Waals surface area contributed by atoms with Gasteiger partial charge in [0.1, 0.15) is 17.2 Å². The van der Waals surface area contributed by atoms with E-state index in [4.69, 9.17) is 21.1 Å². The fraction of sp³-hybridized carbons (Fsp3) is 0.136. The zero-order valence-electron chi connectivity index (χ0n) is 15.4. The Kier molecular flexibility index (Phi) is 6.76. The van der Waals surface area contributed by atoms with Gasteiger partial charge in [-0.3, -0.25) is 4.79 Å². The van der Waals surface area contributed by atoms with Gasteiger partial charge in [-0.05, 0) is 54.6 Å². The van der Waals surface area contributed by atoms with E-state index in [1.807, 2.05) is 60.7 Å². The minimum Gasteiger partial charge on any atom is -0.495 e. The molecule has 0 aliphatic heterocycles. The summed E-state index contributed by atoms with van der Waals surface area (Å²) in [5.74, 6) is 2.01. The van der Waals surface area contributed by atoms with Crippen molar-refractivity contribution >= 4 is 28.9 Å². The molecule has 0 aromatic heterocycles. The van der Waals surface area contributed by atoms with Crippen molar-refractivity contribution in [1.82, 2.24) is 0 Å². The normalized spacial score (nSPS) is 10.2. The van der Waals surface area contributed by atoms with E-state index in [9.17, 15) is 4.79 Å². The Balaban J connectivity index is 1.45. The molecule has 144 valence electrons. The molecule has 0 radical (unpaired) electrons. The lowest BCUT2D eigenvalue weighted by atomic mass is 10.2. The molecule has 3 aromatic rings. The van der Waals surface area contributed by atoms with Gasteiger partial charge in [0.05, 0.1) is 12.1 Å². The van der Waals surface area contributed by atoms with Crippen LogP contribution < -0.4 is 20.1 Å². The van der Waals surface area contributed by atoms with Crippen LogP contribution in [0.4, 0.5) is 11.4 Å². The molecule has 3 rings (SSSR count). The van der Waals surface area contributed by atoms with Gasteiger partial charge in [-0.1, -0.05) is 29.8 Å². The van der Waals surface area contributed by atoms with Crippen LogP contribution >= 0.6 is 11.6 Å². The van der Waals surface area contributed by atoms with Gasteiger partial charge in [0.2, 0.25) is 5.91 Å². The van der Waals surface area contributed by atoms with Gasteiger partial charge in [-0.25, -0.2) is 0 Å². The molecular formula is C22H21ClN2O3. The van der Waals surface area contributed by atoms with E-state index >= 15 is 0 Å². The summed E-state index contributed by atoms with van der Waals surface area (Å²) in [4.78, 5) is 12.1. The molecule has 0 bridgehead atoms. The Morgan fingerprint density at radius 2 is 1.61 bits per heavy atom. The monoisotopic (exact) mass is 396 g/mol. The van der Waals surface area contributed by atoms with Crippen molar-refractivity contribution in [2.75, 3.05) is 24.3 Å². The first kappa shape index (κ1) is 19.6. The van der Waals surface area contributed by atoms with Gasteiger partial charge in [-0.2, -0.15) is 0 Å². The number of halogens is 1. The Hall–Kier alpha value is -3.18. The minimum absolute atomic E-state index is 0.0798. The lowest BCUT2D eigenvalue weighted by molar-refractivity contribution is -0.115. The second kappa shape index (κ2) is 9.67. The third-order valence-electron chi connectivity index (χ3n) is 3.95. The molecule has 0 aliphatic rings. The number of nitrogens with one attached hydrogen (secondary N) is 2. The zero-order valence-corrected chi connectivity index (χ0v) is 16.2. The largest absolute Gasteiger partial charge is 0.495 e. The maximum Gasteiger partial charge on any atom is 0.226 e. The van der Waals surface area contributed by atoms with Crippen LogP contribution in [0.2, 0.25) is 5.02 Å². The van der Waals surface area contributed by atoms with Crippen molar-refractivity contribution < 1.29 is 14.3 Å². The number of carbonyl (C=O) groups is 1. The molecule has 0 heterocycles. The van der Waals surface area contributed by atoms with Gasteiger partial charge >= 0.3 is 0 Å². The molecule has 0 saturated heterocycles. The Labute approximate surface area is 169 Å². The molecule has 5 nitrogen and oxygen atoms in total. The second-order valence-electron chi connectivity index (χ2n) is 6.01. The van der Waals surface area contributed by atoms with E-state index in [1.54, 1.807) is 19.2 Å². The number of hydrogen-bond donors (Lipinski definition) is 2. The number of benzene rings is 3. The van der Waals surface area contributed by atoms with E-state index in [1.165, 1.54) is 0 Å². The van der Waals surface area contributed by atoms with Crippen molar-refractivity contribution in [1.29, 1.82) is 0 Å². The smallest absolute Gasteiger partial charge is 0.226 e. The molecule has 0 fully saturated rings. The van der Waals surface area contributed by atoms with Gasteiger partial charge in [0.25, 0.3) is 0 Å². The summed E-state index contributed by atoms with van der Waals surface area (Å²) in [5, 5.41) is 6.56. The first-order chi connectivity index (χ1) is 13.6. The fourth-order valence-electron chi connectivity index (χ4n) is 2.55. The highest BCUT2D eigenvalue weighted by Crippen LogP contribution is 2.27. The topological polar surface area (TPSA) is 59.6 Å². The molecule has 0 atom stereocenters. The van der Waals surface area contributed by atoms with Crippen LogP contribution in [0.15, 0.2) is 72.8 Å². The molecule has 3 aromatic carbocycles. The molecule has 1 amide bonds. The highest BCUT2D eigenvalue weighted by molar-refractivity contribution is 6.32. The second-order valence-corrected chi connectivity index (χ2v) is 6.42. The summed E-state index contributed by atoms with van der Waals surface area (Å²) in [5.41, 5.74) is 1.55. The highest BCUT2D eigenvalue weighted by atomic mass is 35.5. The van der Waals surface area contributed by atoms with E-state index in [0.717, 1.165) is 17.1 Å². The van der Waals surface area contributed by atoms with E-state index in [2.05, 4.69) is 10.6 Å². The highest BCUT2D eigenvalue weighted by Gasteiger charge is 2.05. The summed E-state index contributed by atoms with van der Waals surface area (Å²) >= 11 is 6.09. The quantitative estimate of drug-likeness (QED) is 0.521. The van der Waals surface area contributed by atoms with Gasteiger partial charge in [0.15, 0.2) is 0 Å². The number of para-hydroxylation sites is 1. The van der Waals surface area contributed by atoms with Crippen LogP contribution in [-0.4, -0.2) is 19.6 Å². The zero-order chi connectivity index (χ0) is 19.8. The molecule has 6 heteroatoms. The van der Waals surface area contributed by atoms with Crippen LogP contribution in [0, 0.1) is 0 Å². The van der Waals surface area contributed by atoms with Crippen molar-refractivity contribution in [3.63, 3.8) is 0 Å². The van der Waals surface area contributed by atoms with Crippen molar-refractivity contribution in [2.24, 2.45) is 0 Å². The maximum atomic E-state index is 12.1. The van der Waals surface area contributed by atoms with Crippen molar-refractivity contribution in [2.45, 2.75) is 6.42 Å². The number of carbonyl (C=O) groups excluding carboxylic acids is 1. The molecule has 2 N–H and O–H groups in total. The Morgan fingerprint density at radius 1 is 0.929 bits per heavy atom. The van der Waals surface area contributed by atoms with Crippen LogP contribution in [0.1, 0.15) is 6.42 Å². The van der Waals surface area contributed by atoms with Gasteiger partial charge in [0, 0.05) is 24.3 Å². The summed E-state index contributed by atoms with van der Waals surface area (Å²) in [6.45, 7) is 0.490. The predicted molar refractivity (Wildman–Crippen MR) is 113 cm³/mol. The third-order valence-corrected chi connectivity index (χ3v) is 4.25. The average molecular weight is 397 g/mol. The number of hydrogen-bond acceptors (Lipinski definition) is 4. The summed E-state index contributed by atoms with van der Waals surface area (Å²) < 4.78 is 10.9. The van der Waals surface area contributed by atoms with Crippen molar-refractivity contribution in [3.05, 3.63) is 77.8 Å². The third kappa shape index (κ3) is 5.66. The SMILES string of the molecule is COc1ccc(NCCC(=O)Nc2ccc(Oc3ccccc3)cc2)cc1Cl. The molecule has 0 saturated carbocycles. The number of anilines is 2. The number of amides is 1. The van der Waals surface area contributed by atoms with Crippen molar-refractivity contribution in [3.8, 4) is 17.2 Å². The summed E-state index contributed by atoms with van der Waals surface area (Å²) in [6.07, 6.45) is 0.325. The molecule has 28 heavy (non-hydrogen) atoms. The summed E-state index contributed by atoms with van der Waals surface area (Å²) in [7, 11) is 1.57. The number of ether oxygens (including phenoxy) is 2. The van der Waals surface area contributed by atoms with Gasteiger partial charge < -0.3 is 20.1 Å². The molecule has 0 aliphatic carbocycles. The van der Waals surface area contributed by atoms with Gasteiger partial charge in [-0.15, -0.1) is 0 Å². The lowest BCUT2D eigenvalue weighted by Gasteiger charge is -2.10. The fourth-order valence-corrected chi connectivity index (χ4v) is 2.81. The Morgan fingerprint density at radius 3 is 2.29 bits per heavy atom. The predicted octanol–water partition coefficient (Wildman–Crippen LogP) is 5.58. The van der Waals surface area contributed by atoms with Crippen LogP contribution in [0.3, 0.4) is 0 Å². The first-order valence-corrected chi connectivity index (χ1v) is 9.22. The van der Waals surface area contributed by atoms with Crippen LogP contribution in [0.5, 0.6) is 17.2 Å². The molecule has 0 spiro atoms. The van der Waals surface area contributed by atoms with E-state index in [-0.39, 0.29) is 5.91 Å². The van der Waals surface area contributed by atoms with Crippen LogP contribution in [0.25, 0.3) is 0 Å². The first-order valence-electron chi connectivity index (χ1n) is 8.84. The molecule has 0 unspecified atom stereocenters. The van der Waals surface area contributed by atoms with E-state index in [0.29, 0.717) is 29.5 Å². The molecular weight excluding hydrogens is 376 g/mol. The average Bonchev–Trinajstić information content (AvgIpc) is 2.70. The minimum atomic E-state index is -0.0798. The van der Waals surface area contributed by atoms with E-state index < -0.39 is 0 Å². The summed E-state index contributed by atoms with van der Waals surface area (Å²) in [6, 6.07) is 22.2. The van der Waals surface area contributed by atoms with Crippen LogP contribution in [-0.2, 0) is 4.79 Å². The lowest BCUT2D eigenvalue weighted by Crippen LogP contribution is -2.16. The number of methoxy groups -OCH3 is 1. The maximum absolute atomic E-state index is 12.1. The number of rotatable bonds is 8.